The number of halogens is 2. The zero-order valence-corrected chi connectivity index (χ0v) is 23.1. The van der Waals surface area contributed by atoms with Gasteiger partial charge in [0.2, 0.25) is 0 Å². The number of ether oxygens (including phenoxy) is 3. The number of aryl methyl sites for hydroxylation is 1. The molecular weight excluding hydrogens is 535 g/mol. The molecule has 8 heteroatoms. The van der Waals surface area contributed by atoms with Crippen molar-refractivity contribution in [2.45, 2.75) is 27.1 Å². The van der Waals surface area contributed by atoms with Crippen molar-refractivity contribution >= 4 is 35.3 Å². The molecule has 4 aromatic carbocycles. The maximum Gasteiger partial charge on any atom is 0.271 e. The summed E-state index contributed by atoms with van der Waals surface area (Å²) < 4.78 is 17.7. The number of rotatable bonds is 11. The van der Waals surface area contributed by atoms with Crippen LogP contribution in [0.4, 0.5) is 0 Å². The first-order valence-electron chi connectivity index (χ1n) is 12.4. The fraction of sp³-hybridized carbons (Fsp3) is 0.161. The van der Waals surface area contributed by atoms with Crippen LogP contribution >= 0.6 is 23.2 Å². The molecule has 4 rings (SSSR count). The Bertz CT molecular complexity index is 1420. The van der Waals surface area contributed by atoms with E-state index in [1.165, 1.54) is 6.21 Å². The number of hydrazone groups is 1. The molecule has 1 N–H and O–H groups in total. The van der Waals surface area contributed by atoms with Crippen LogP contribution in [0.25, 0.3) is 0 Å². The van der Waals surface area contributed by atoms with Crippen LogP contribution in [0.2, 0.25) is 10.0 Å². The molecule has 0 aliphatic rings. The quantitative estimate of drug-likeness (QED) is 0.151. The van der Waals surface area contributed by atoms with Gasteiger partial charge in [-0.3, -0.25) is 4.79 Å². The lowest BCUT2D eigenvalue weighted by Gasteiger charge is -2.15. The fourth-order valence-corrected chi connectivity index (χ4v) is 4.26. The summed E-state index contributed by atoms with van der Waals surface area (Å²) in [5, 5.41) is 4.65. The van der Waals surface area contributed by atoms with Gasteiger partial charge in [0.1, 0.15) is 13.2 Å². The number of hydrogen-bond acceptors (Lipinski definition) is 5. The minimum atomic E-state index is -0.314. The van der Waals surface area contributed by atoms with Crippen LogP contribution in [-0.4, -0.2) is 18.7 Å². The predicted molar refractivity (Wildman–Crippen MR) is 155 cm³/mol. The van der Waals surface area contributed by atoms with Gasteiger partial charge in [0.25, 0.3) is 5.91 Å². The van der Waals surface area contributed by atoms with E-state index in [1.54, 1.807) is 24.3 Å². The SMILES string of the molecule is CCOc1cc(COc2c(Cl)cc(/C=N/NC(=O)c3ccc(C)cc3)cc2Cl)ccc1OCc1ccccc1. The molecule has 0 bridgehead atoms. The summed E-state index contributed by atoms with van der Waals surface area (Å²) in [5.74, 6) is 1.32. The summed E-state index contributed by atoms with van der Waals surface area (Å²) in [4.78, 5) is 12.2. The van der Waals surface area contributed by atoms with Gasteiger partial charge in [0, 0.05) is 5.56 Å². The third-order valence-electron chi connectivity index (χ3n) is 5.64. The van der Waals surface area contributed by atoms with Crippen LogP contribution in [0.5, 0.6) is 17.2 Å². The van der Waals surface area contributed by atoms with Crippen molar-refractivity contribution in [3.8, 4) is 17.2 Å². The number of nitrogens with one attached hydrogen (secondary N) is 1. The van der Waals surface area contributed by atoms with Gasteiger partial charge in [0.15, 0.2) is 17.2 Å². The normalized spacial score (nSPS) is 10.9. The maximum absolute atomic E-state index is 12.2. The van der Waals surface area contributed by atoms with E-state index in [4.69, 9.17) is 37.4 Å². The van der Waals surface area contributed by atoms with Crippen molar-refractivity contribution in [2.24, 2.45) is 5.10 Å². The predicted octanol–water partition coefficient (Wildman–Crippen LogP) is 7.62. The molecule has 1 amide bonds. The number of benzene rings is 4. The Labute approximate surface area is 238 Å². The summed E-state index contributed by atoms with van der Waals surface area (Å²) in [6, 6.07) is 26.1. The summed E-state index contributed by atoms with van der Waals surface area (Å²) in [6.07, 6.45) is 1.47. The van der Waals surface area contributed by atoms with Gasteiger partial charge in [-0.05, 0) is 66.9 Å². The lowest BCUT2D eigenvalue weighted by Crippen LogP contribution is -2.17. The van der Waals surface area contributed by atoms with Crippen molar-refractivity contribution in [3.05, 3.63) is 123 Å². The molecule has 200 valence electrons. The number of nitrogens with zero attached hydrogens (tertiary/aromatic N) is 1. The standard InChI is InChI=1S/C31H28Cl2N2O4/c1-3-37-29-17-23(11-14-28(29)38-19-22-7-5-4-6-8-22)20-39-30-26(32)15-24(16-27(30)33)18-34-35-31(36)25-12-9-21(2)10-13-25/h4-18H,3,19-20H2,1-2H3,(H,35,36)/b34-18+. The maximum atomic E-state index is 12.2. The van der Waals surface area contributed by atoms with Crippen LogP contribution in [0.1, 0.15) is 39.5 Å². The number of hydrogen-bond donors (Lipinski definition) is 1. The molecule has 0 fully saturated rings. The first-order chi connectivity index (χ1) is 18.9. The summed E-state index contributed by atoms with van der Waals surface area (Å²) in [7, 11) is 0. The highest BCUT2D eigenvalue weighted by atomic mass is 35.5. The summed E-state index contributed by atoms with van der Waals surface area (Å²) in [5.41, 5.74) is 6.62. The Hall–Kier alpha value is -4.00. The largest absolute Gasteiger partial charge is 0.490 e. The van der Waals surface area contributed by atoms with Crippen LogP contribution < -0.4 is 19.6 Å². The molecule has 0 saturated heterocycles. The van der Waals surface area contributed by atoms with Gasteiger partial charge in [-0.15, -0.1) is 0 Å². The lowest BCUT2D eigenvalue weighted by atomic mass is 10.1. The Balaban J connectivity index is 1.38. The first-order valence-corrected chi connectivity index (χ1v) is 13.1. The van der Waals surface area contributed by atoms with E-state index in [9.17, 15) is 4.79 Å². The average molecular weight is 563 g/mol. The minimum absolute atomic E-state index is 0.221. The van der Waals surface area contributed by atoms with Gasteiger partial charge in [-0.2, -0.15) is 5.10 Å². The van der Waals surface area contributed by atoms with Crippen molar-refractivity contribution < 1.29 is 19.0 Å². The number of carbonyl (C=O) groups excluding carboxylic acids is 1. The second kappa shape index (κ2) is 13.7. The van der Waals surface area contributed by atoms with E-state index in [-0.39, 0.29) is 12.5 Å². The van der Waals surface area contributed by atoms with E-state index in [0.717, 1.165) is 16.7 Å². The molecule has 0 spiro atoms. The zero-order valence-electron chi connectivity index (χ0n) is 21.6. The van der Waals surface area contributed by atoms with E-state index in [1.807, 2.05) is 74.5 Å². The summed E-state index contributed by atoms with van der Waals surface area (Å²) >= 11 is 12.9. The van der Waals surface area contributed by atoms with E-state index in [2.05, 4.69) is 10.5 Å². The molecule has 0 aromatic heterocycles. The molecule has 0 heterocycles. The molecule has 0 aliphatic heterocycles. The van der Waals surface area contributed by atoms with Crippen LogP contribution in [0.3, 0.4) is 0 Å². The van der Waals surface area contributed by atoms with Crippen molar-refractivity contribution in [2.75, 3.05) is 6.61 Å². The average Bonchev–Trinajstić information content (AvgIpc) is 2.93. The monoisotopic (exact) mass is 562 g/mol. The third-order valence-corrected chi connectivity index (χ3v) is 6.20. The Morgan fingerprint density at radius 3 is 2.21 bits per heavy atom. The smallest absolute Gasteiger partial charge is 0.271 e. The highest BCUT2D eigenvalue weighted by Gasteiger charge is 2.12. The number of amides is 1. The molecule has 0 saturated carbocycles. The van der Waals surface area contributed by atoms with Crippen LogP contribution in [0.15, 0.2) is 90.0 Å². The molecule has 6 nitrogen and oxygen atoms in total. The van der Waals surface area contributed by atoms with Crippen molar-refractivity contribution in [1.82, 2.24) is 5.43 Å². The first kappa shape index (κ1) is 28.0. The van der Waals surface area contributed by atoms with E-state index >= 15 is 0 Å². The van der Waals surface area contributed by atoms with Gasteiger partial charge >= 0.3 is 0 Å². The highest BCUT2D eigenvalue weighted by molar-refractivity contribution is 6.37. The van der Waals surface area contributed by atoms with Crippen LogP contribution in [-0.2, 0) is 13.2 Å². The van der Waals surface area contributed by atoms with Crippen molar-refractivity contribution in [1.29, 1.82) is 0 Å². The van der Waals surface area contributed by atoms with E-state index < -0.39 is 0 Å². The lowest BCUT2D eigenvalue weighted by molar-refractivity contribution is 0.0955. The fourth-order valence-electron chi connectivity index (χ4n) is 3.65. The molecule has 0 radical (unpaired) electrons. The number of carbonyl (C=O) groups is 1. The van der Waals surface area contributed by atoms with Crippen molar-refractivity contribution in [3.63, 3.8) is 0 Å². The minimum Gasteiger partial charge on any atom is -0.490 e. The molecule has 0 unspecified atom stereocenters. The Kier molecular flexibility index (Phi) is 9.84. The zero-order chi connectivity index (χ0) is 27.6. The topological polar surface area (TPSA) is 69.2 Å². The Morgan fingerprint density at radius 1 is 0.821 bits per heavy atom. The molecular formula is C31H28Cl2N2O4. The van der Waals surface area contributed by atoms with Gasteiger partial charge in [0.05, 0.1) is 22.9 Å². The van der Waals surface area contributed by atoms with Gasteiger partial charge < -0.3 is 14.2 Å². The third kappa shape index (κ3) is 7.99. The van der Waals surface area contributed by atoms with Gasteiger partial charge in [-0.1, -0.05) is 77.3 Å². The molecule has 0 aliphatic carbocycles. The molecule has 39 heavy (non-hydrogen) atoms. The molecule has 0 atom stereocenters. The van der Waals surface area contributed by atoms with E-state index in [0.29, 0.717) is 51.6 Å². The second-order valence-corrected chi connectivity index (χ2v) is 9.47. The van der Waals surface area contributed by atoms with Crippen LogP contribution in [0, 0.1) is 6.92 Å². The molecule has 4 aromatic rings. The Morgan fingerprint density at radius 2 is 1.51 bits per heavy atom. The van der Waals surface area contributed by atoms with Gasteiger partial charge in [-0.25, -0.2) is 5.43 Å². The summed E-state index contributed by atoms with van der Waals surface area (Å²) in [6.45, 7) is 5.03. The highest BCUT2D eigenvalue weighted by Crippen LogP contribution is 2.35. The second-order valence-electron chi connectivity index (χ2n) is 8.66.